The van der Waals surface area contributed by atoms with Gasteiger partial charge in [-0.05, 0) is 17.7 Å². The average Bonchev–Trinajstić information content (AvgIpc) is 3.10. The van der Waals surface area contributed by atoms with Crippen LogP contribution in [0, 0.1) is 0 Å². The molecule has 1 atom stereocenters. The monoisotopic (exact) mass is 347 g/mol. The van der Waals surface area contributed by atoms with E-state index in [1.165, 1.54) is 0 Å². The number of aromatic amines is 1. The molecule has 1 aliphatic rings. The van der Waals surface area contributed by atoms with Crippen LogP contribution in [0.2, 0.25) is 0 Å². The van der Waals surface area contributed by atoms with E-state index in [-0.39, 0.29) is 11.8 Å². The van der Waals surface area contributed by atoms with Gasteiger partial charge < -0.3 is 14.8 Å². The van der Waals surface area contributed by atoms with E-state index in [9.17, 15) is 9.59 Å². The lowest BCUT2D eigenvalue weighted by Gasteiger charge is -2.39. The maximum Gasteiger partial charge on any atom is 0.271 e. The number of hydrogen-bond donors (Lipinski definition) is 1. The summed E-state index contributed by atoms with van der Waals surface area (Å²) in [7, 11) is 1.80. The Labute approximate surface area is 152 Å². The number of para-hydroxylation sites is 1. The van der Waals surface area contributed by atoms with E-state index in [0.29, 0.717) is 25.2 Å². The molecule has 2 amide bonds. The van der Waals surface area contributed by atoms with E-state index < -0.39 is 6.04 Å². The summed E-state index contributed by atoms with van der Waals surface area (Å²) in [6, 6.07) is 19.0. The molecule has 2 aromatic carbocycles. The number of carbonyl (C=O) groups excluding carboxylic acids is 2. The van der Waals surface area contributed by atoms with Gasteiger partial charge in [0.15, 0.2) is 0 Å². The molecule has 0 bridgehead atoms. The standard InChI is InChI=1S/C21H21N3O2/c1-23-11-12-24(19(21(23)26)13-15-7-3-2-4-8-15)20(25)18-14-16-9-5-6-10-17(16)22-18/h2-10,14,19,22H,11-13H2,1H3/t19-/m0/s1. The van der Waals surface area contributed by atoms with E-state index in [1.807, 2.05) is 60.7 Å². The molecule has 1 aliphatic heterocycles. The number of aromatic nitrogens is 1. The molecular formula is C21H21N3O2. The highest BCUT2D eigenvalue weighted by Crippen LogP contribution is 2.21. The number of piperazine rings is 1. The lowest BCUT2D eigenvalue weighted by Crippen LogP contribution is -2.58. The van der Waals surface area contributed by atoms with Crippen molar-refractivity contribution < 1.29 is 9.59 Å². The molecule has 1 fully saturated rings. The zero-order valence-electron chi connectivity index (χ0n) is 14.7. The first-order valence-corrected chi connectivity index (χ1v) is 8.81. The van der Waals surface area contributed by atoms with Gasteiger partial charge in [0.2, 0.25) is 5.91 Å². The summed E-state index contributed by atoms with van der Waals surface area (Å²) in [4.78, 5) is 32.5. The minimum Gasteiger partial charge on any atom is -0.351 e. The second kappa shape index (κ2) is 6.67. The van der Waals surface area contributed by atoms with Crippen molar-refractivity contribution in [3.05, 3.63) is 71.9 Å². The Morgan fingerprint density at radius 3 is 2.58 bits per heavy atom. The van der Waals surface area contributed by atoms with E-state index >= 15 is 0 Å². The number of nitrogens with zero attached hydrogens (tertiary/aromatic N) is 2. The Hall–Kier alpha value is -3.08. The summed E-state index contributed by atoms with van der Waals surface area (Å²) in [6.07, 6.45) is 0.524. The van der Waals surface area contributed by atoms with Gasteiger partial charge >= 0.3 is 0 Å². The second-order valence-corrected chi connectivity index (χ2v) is 6.73. The van der Waals surface area contributed by atoms with E-state index in [0.717, 1.165) is 16.5 Å². The van der Waals surface area contributed by atoms with Crippen molar-refractivity contribution >= 4 is 22.7 Å². The van der Waals surface area contributed by atoms with Gasteiger partial charge in [0.05, 0.1) is 0 Å². The number of benzene rings is 2. The van der Waals surface area contributed by atoms with Crippen LogP contribution in [0.1, 0.15) is 16.1 Å². The normalized spacial score (nSPS) is 17.7. The van der Waals surface area contributed by atoms with Gasteiger partial charge in [0.25, 0.3) is 5.91 Å². The summed E-state index contributed by atoms with van der Waals surface area (Å²) < 4.78 is 0. The number of fused-ring (bicyclic) bond motifs is 1. The molecule has 26 heavy (non-hydrogen) atoms. The van der Waals surface area contributed by atoms with Crippen molar-refractivity contribution in [3.63, 3.8) is 0 Å². The van der Waals surface area contributed by atoms with Crippen LogP contribution in [-0.4, -0.2) is 52.8 Å². The lowest BCUT2D eigenvalue weighted by atomic mass is 10.0. The number of carbonyl (C=O) groups is 2. The molecule has 5 nitrogen and oxygen atoms in total. The molecule has 0 unspecified atom stereocenters. The van der Waals surface area contributed by atoms with Crippen LogP contribution < -0.4 is 0 Å². The molecular weight excluding hydrogens is 326 g/mol. The zero-order valence-corrected chi connectivity index (χ0v) is 14.7. The molecule has 0 radical (unpaired) electrons. The van der Waals surface area contributed by atoms with Crippen molar-refractivity contribution in [2.24, 2.45) is 0 Å². The van der Waals surface area contributed by atoms with Crippen LogP contribution >= 0.6 is 0 Å². The largest absolute Gasteiger partial charge is 0.351 e. The molecule has 5 heteroatoms. The first-order valence-electron chi connectivity index (χ1n) is 8.81. The molecule has 0 aliphatic carbocycles. The Kier molecular flexibility index (Phi) is 4.21. The molecule has 4 rings (SSSR count). The van der Waals surface area contributed by atoms with Gasteiger partial charge in [-0.15, -0.1) is 0 Å². The predicted molar refractivity (Wildman–Crippen MR) is 101 cm³/mol. The minimum atomic E-state index is -0.477. The quantitative estimate of drug-likeness (QED) is 0.792. The molecule has 2 heterocycles. The predicted octanol–water partition coefficient (Wildman–Crippen LogP) is 2.69. The van der Waals surface area contributed by atoms with E-state index in [1.54, 1.807) is 16.8 Å². The van der Waals surface area contributed by atoms with Crippen LogP contribution in [0.5, 0.6) is 0 Å². The van der Waals surface area contributed by atoms with Gasteiger partial charge in [0, 0.05) is 37.5 Å². The smallest absolute Gasteiger partial charge is 0.271 e. The van der Waals surface area contributed by atoms with Gasteiger partial charge in [0.1, 0.15) is 11.7 Å². The maximum atomic E-state index is 13.1. The highest BCUT2D eigenvalue weighted by Gasteiger charge is 2.36. The summed E-state index contributed by atoms with van der Waals surface area (Å²) >= 11 is 0. The SMILES string of the molecule is CN1CCN(C(=O)c2cc3ccccc3[nH]2)[C@@H](Cc2ccccc2)C1=O. The number of H-pyrrole nitrogens is 1. The summed E-state index contributed by atoms with van der Waals surface area (Å²) in [6.45, 7) is 1.09. The summed E-state index contributed by atoms with van der Waals surface area (Å²) in [5.74, 6) is -0.131. The molecule has 1 aromatic heterocycles. The summed E-state index contributed by atoms with van der Waals surface area (Å²) in [5, 5.41) is 0.996. The molecule has 132 valence electrons. The van der Waals surface area contributed by atoms with Crippen molar-refractivity contribution in [1.29, 1.82) is 0 Å². The summed E-state index contributed by atoms with van der Waals surface area (Å²) in [5.41, 5.74) is 2.51. The van der Waals surface area contributed by atoms with Gasteiger partial charge in [-0.1, -0.05) is 48.5 Å². The highest BCUT2D eigenvalue weighted by atomic mass is 16.2. The second-order valence-electron chi connectivity index (χ2n) is 6.73. The van der Waals surface area contributed by atoms with Gasteiger partial charge in [-0.2, -0.15) is 0 Å². The van der Waals surface area contributed by atoms with Crippen molar-refractivity contribution in [3.8, 4) is 0 Å². The minimum absolute atomic E-state index is 0.00966. The van der Waals surface area contributed by atoms with Crippen LogP contribution in [0.25, 0.3) is 10.9 Å². The Morgan fingerprint density at radius 2 is 1.81 bits per heavy atom. The number of amides is 2. The first kappa shape index (κ1) is 16.4. The molecule has 1 saturated heterocycles. The average molecular weight is 347 g/mol. The molecule has 0 saturated carbocycles. The van der Waals surface area contributed by atoms with E-state index in [4.69, 9.17) is 0 Å². The lowest BCUT2D eigenvalue weighted by molar-refractivity contribution is -0.138. The Bertz CT molecular complexity index is 915. The Morgan fingerprint density at radius 1 is 1.08 bits per heavy atom. The Balaban J connectivity index is 1.65. The fourth-order valence-corrected chi connectivity index (χ4v) is 3.53. The maximum absolute atomic E-state index is 13.1. The molecule has 0 spiro atoms. The highest BCUT2D eigenvalue weighted by molar-refractivity contribution is 6.00. The van der Waals surface area contributed by atoms with Gasteiger partial charge in [-0.25, -0.2) is 0 Å². The van der Waals surface area contributed by atoms with Crippen LogP contribution in [0.4, 0.5) is 0 Å². The first-order chi connectivity index (χ1) is 12.6. The van der Waals surface area contributed by atoms with Crippen molar-refractivity contribution in [2.75, 3.05) is 20.1 Å². The zero-order chi connectivity index (χ0) is 18.1. The molecule has 3 aromatic rings. The number of hydrogen-bond acceptors (Lipinski definition) is 2. The number of rotatable bonds is 3. The fraction of sp³-hybridized carbons (Fsp3) is 0.238. The van der Waals surface area contributed by atoms with Crippen LogP contribution in [0.15, 0.2) is 60.7 Å². The van der Waals surface area contributed by atoms with Crippen molar-refractivity contribution in [1.82, 2.24) is 14.8 Å². The number of nitrogens with one attached hydrogen (secondary N) is 1. The number of likely N-dealkylation sites (N-methyl/N-ethyl adjacent to an activating group) is 1. The third-order valence-corrected chi connectivity index (χ3v) is 5.01. The van der Waals surface area contributed by atoms with Gasteiger partial charge in [-0.3, -0.25) is 9.59 Å². The topological polar surface area (TPSA) is 56.4 Å². The third kappa shape index (κ3) is 2.96. The van der Waals surface area contributed by atoms with Crippen LogP contribution in [-0.2, 0) is 11.2 Å². The van der Waals surface area contributed by atoms with E-state index in [2.05, 4.69) is 4.98 Å². The third-order valence-electron chi connectivity index (χ3n) is 5.01. The van der Waals surface area contributed by atoms with Crippen molar-refractivity contribution in [2.45, 2.75) is 12.5 Å². The molecule has 1 N–H and O–H groups in total. The van der Waals surface area contributed by atoms with Crippen LogP contribution in [0.3, 0.4) is 0 Å². The fourth-order valence-electron chi connectivity index (χ4n) is 3.53.